The summed E-state index contributed by atoms with van der Waals surface area (Å²) in [7, 11) is 1.45. The van der Waals surface area contributed by atoms with Gasteiger partial charge >= 0.3 is 5.97 Å². The van der Waals surface area contributed by atoms with E-state index in [4.69, 9.17) is 21.4 Å². The molecule has 3 rings (SSSR count). The van der Waals surface area contributed by atoms with E-state index in [0.29, 0.717) is 23.8 Å². The maximum Gasteiger partial charge on any atom is 0.309 e. The average molecular weight is 348 g/mol. The van der Waals surface area contributed by atoms with Crippen molar-refractivity contribution in [3.63, 3.8) is 0 Å². The number of quaternary nitrogens is 1. The second kappa shape index (κ2) is 7.72. The highest BCUT2D eigenvalue weighted by molar-refractivity contribution is 7.71. The van der Waals surface area contributed by atoms with Crippen LogP contribution in [-0.4, -0.2) is 35.9 Å². The molecule has 1 aromatic heterocycles. The Kier molecular flexibility index (Phi) is 5.42. The van der Waals surface area contributed by atoms with Gasteiger partial charge in [-0.1, -0.05) is 30.3 Å². The Balaban J connectivity index is 1.58. The predicted molar refractivity (Wildman–Crippen MR) is 90.0 cm³/mol. The van der Waals surface area contributed by atoms with Crippen molar-refractivity contribution in [3.05, 3.63) is 46.6 Å². The van der Waals surface area contributed by atoms with E-state index in [1.54, 1.807) is 4.68 Å². The fourth-order valence-electron chi connectivity index (χ4n) is 3.09. The zero-order valence-electron chi connectivity index (χ0n) is 13.7. The highest BCUT2D eigenvalue weighted by Gasteiger charge is 2.28. The molecule has 128 valence electrons. The monoisotopic (exact) mass is 348 g/mol. The van der Waals surface area contributed by atoms with Crippen molar-refractivity contribution in [2.75, 3.05) is 20.2 Å². The molecular weight excluding hydrogens is 326 g/mol. The van der Waals surface area contributed by atoms with Crippen LogP contribution in [0.15, 0.2) is 34.7 Å². The third kappa shape index (κ3) is 4.10. The van der Waals surface area contributed by atoms with Crippen LogP contribution in [0.1, 0.15) is 24.3 Å². The predicted octanol–water partition coefficient (Wildman–Crippen LogP) is 1.22. The number of methoxy groups -OCH3 is 1. The number of hydrogen-bond acceptors (Lipinski definition) is 5. The molecule has 0 bridgehead atoms. The fraction of sp³-hybridized carbons (Fsp3) is 0.471. The molecule has 1 N–H and O–H groups in total. The number of rotatable bonds is 5. The third-order valence-corrected chi connectivity index (χ3v) is 4.74. The van der Waals surface area contributed by atoms with Crippen molar-refractivity contribution in [3.8, 4) is 0 Å². The molecule has 0 spiro atoms. The number of likely N-dealkylation sites (tertiary alicyclic amines) is 1. The molecule has 1 saturated heterocycles. The third-order valence-electron chi connectivity index (χ3n) is 4.45. The summed E-state index contributed by atoms with van der Waals surface area (Å²) in [5, 5.41) is 4.50. The second-order valence-electron chi connectivity index (χ2n) is 6.13. The lowest BCUT2D eigenvalue weighted by atomic mass is 9.97. The Morgan fingerprint density at radius 1 is 1.38 bits per heavy atom. The van der Waals surface area contributed by atoms with Gasteiger partial charge in [0.05, 0.1) is 32.5 Å². The number of esters is 1. The summed E-state index contributed by atoms with van der Waals surface area (Å²) in [5.41, 5.74) is 1.15. The van der Waals surface area contributed by atoms with Gasteiger partial charge < -0.3 is 14.1 Å². The molecule has 24 heavy (non-hydrogen) atoms. The Morgan fingerprint density at radius 2 is 2.08 bits per heavy atom. The molecule has 1 aromatic carbocycles. The fourth-order valence-corrected chi connectivity index (χ4v) is 3.29. The molecule has 2 heterocycles. The number of piperidine rings is 1. The van der Waals surface area contributed by atoms with E-state index in [-0.39, 0.29) is 11.9 Å². The van der Waals surface area contributed by atoms with Crippen molar-refractivity contribution in [1.82, 2.24) is 9.78 Å². The highest BCUT2D eigenvalue weighted by Crippen LogP contribution is 2.11. The van der Waals surface area contributed by atoms with Crippen molar-refractivity contribution in [2.45, 2.75) is 25.9 Å². The van der Waals surface area contributed by atoms with E-state index in [1.165, 1.54) is 12.0 Å². The maximum atomic E-state index is 11.6. The van der Waals surface area contributed by atoms with Crippen molar-refractivity contribution >= 4 is 18.2 Å². The van der Waals surface area contributed by atoms with Gasteiger partial charge in [0.25, 0.3) is 4.84 Å². The smallest absolute Gasteiger partial charge is 0.309 e. The van der Waals surface area contributed by atoms with E-state index < -0.39 is 0 Å². The van der Waals surface area contributed by atoms with Crippen LogP contribution < -0.4 is 4.90 Å². The minimum absolute atomic E-state index is 0.0256. The quantitative estimate of drug-likeness (QED) is 0.650. The number of ether oxygens (including phenoxy) is 1. The van der Waals surface area contributed by atoms with Crippen LogP contribution in [0.25, 0.3) is 0 Å². The molecule has 1 aliphatic rings. The lowest BCUT2D eigenvalue weighted by molar-refractivity contribution is -0.929. The summed E-state index contributed by atoms with van der Waals surface area (Å²) in [5.74, 6) is 0.560. The molecule has 0 saturated carbocycles. The van der Waals surface area contributed by atoms with Gasteiger partial charge in [0.15, 0.2) is 6.67 Å². The first-order valence-corrected chi connectivity index (χ1v) is 8.58. The molecule has 0 amide bonds. The van der Waals surface area contributed by atoms with Gasteiger partial charge in [-0.25, -0.2) is 0 Å². The normalized spacial score (nSPS) is 20.7. The summed E-state index contributed by atoms with van der Waals surface area (Å²) in [4.78, 5) is 13.3. The van der Waals surface area contributed by atoms with Gasteiger partial charge in [0.2, 0.25) is 5.89 Å². The van der Waals surface area contributed by atoms with E-state index in [2.05, 4.69) is 5.10 Å². The molecule has 0 aliphatic carbocycles. The van der Waals surface area contributed by atoms with Crippen molar-refractivity contribution in [1.29, 1.82) is 0 Å². The van der Waals surface area contributed by atoms with Gasteiger partial charge in [-0.2, -0.15) is 4.68 Å². The zero-order chi connectivity index (χ0) is 16.9. The summed E-state index contributed by atoms with van der Waals surface area (Å²) in [6.45, 7) is 2.48. The molecule has 1 aliphatic heterocycles. The van der Waals surface area contributed by atoms with Crippen LogP contribution >= 0.6 is 12.2 Å². The summed E-state index contributed by atoms with van der Waals surface area (Å²) in [6.07, 6.45) is 2.31. The highest BCUT2D eigenvalue weighted by atomic mass is 32.1. The Hall–Kier alpha value is -1.99. The summed E-state index contributed by atoms with van der Waals surface area (Å²) < 4.78 is 12.2. The first-order chi connectivity index (χ1) is 11.7. The van der Waals surface area contributed by atoms with Crippen LogP contribution in [-0.2, 0) is 22.6 Å². The van der Waals surface area contributed by atoms with Crippen molar-refractivity contribution in [2.24, 2.45) is 5.92 Å². The standard InChI is InChI=1S/C17H21N3O3S/c1-22-16(21)14-7-9-19(10-8-14)12-20-17(24)23-15(18-20)11-13-5-3-2-4-6-13/h2-6,14H,7-12H2,1H3/p+1. The lowest BCUT2D eigenvalue weighted by Gasteiger charge is -2.27. The molecule has 2 aromatic rings. The molecule has 1 fully saturated rings. The summed E-state index contributed by atoms with van der Waals surface area (Å²) >= 11 is 5.29. The van der Waals surface area contributed by atoms with E-state index >= 15 is 0 Å². The number of aromatic nitrogens is 2. The number of carbonyl (C=O) groups excluding carboxylic acids is 1. The topological polar surface area (TPSA) is 61.7 Å². The number of hydrogen-bond donors (Lipinski definition) is 1. The maximum absolute atomic E-state index is 11.6. The number of carbonyl (C=O) groups is 1. The van der Waals surface area contributed by atoms with Crippen LogP contribution in [0.2, 0.25) is 0 Å². The number of nitrogens with one attached hydrogen (secondary N) is 1. The first kappa shape index (κ1) is 16.9. The SMILES string of the molecule is COC(=O)C1CC[NH+](Cn2nc(Cc3ccccc3)oc2=S)CC1. The van der Waals surface area contributed by atoms with Gasteiger partial charge in [-0.05, 0) is 17.8 Å². The molecule has 0 unspecified atom stereocenters. The van der Waals surface area contributed by atoms with E-state index in [9.17, 15) is 4.79 Å². The van der Waals surface area contributed by atoms with Gasteiger partial charge in [-0.3, -0.25) is 4.79 Å². The zero-order valence-corrected chi connectivity index (χ0v) is 14.6. The summed E-state index contributed by atoms with van der Waals surface area (Å²) in [6, 6.07) is 10.1. The number of benzene rings is 1. The van der Waals surface area contributed by atoms with E-state index in [0.717, 1.165) is 31.5 Å². The Morgan fingerprint density at radius 3 is 2.75 bits per heavy atom. The second-order valence-corrected chi connectivity index (χ2v) is 6.48. The molecule has 0 atom stereocenters. The Bertz CT molecular complexity index is 733. The molecule has 6 nitrogen and oxygen atoms in total. The van der Waals surface area contributed by atoms with E-state index in [1.807, 2.05) is 30.3 Å². The van der Waals surface area contributed by atoms with Gasteiger partial charge in [0, 0.05) is 12.8 Å². The average Bonchev–Trinajstić information content (AvgIpc) is 2.95. The van der Waals surface area contributed by atoms with Gasteiger partial charge in [-0.15, -0.1) is 5.10 Å². The van der Waals surface area contributed by atoms with Crippen LogP contribution in [0.5, 0.6) is 0 Å². The first-order valence-electron chi connectivity index (χ1n) is 8.18. The minimum atomic E-state index is -0.0998. The van der Waals surface area contributed by atoms with Gasteiger partial charge in [0.1, 0.15) is 0 Å². The Labute approximate surface area is 146 Å². The largest absolute Gasteiger partial charge is 0.469 e. The molecule has 7 heteroatoms. The molecule has 0 radical (unpaired) electrons. The lowest BCUT2D eigenvalue weighted by Crippen LogP contribution is -3.12. The molecular formula is C17H22N3O3S+. The number of nitrogens with zero attached hydrogens (tertiary/aromatic N) is 2. The minimum Gasteiger partial charge on any atom is -0.469 e. The van der Waals surface area contributed by atoms with Crippen LogP contribution in [0, 0.1) is 10.8 Å². The van der Waals surface area contributed by atoms with Crippen LogP contribution in [0.4, 0.5) is 0 Å². The van der Waals surface area contributed by atoms with Crippen molar-refractivity contribution < 1.29 is 18.8 Å². The van der Waals surface area contributed by atoms with Crippen LogP contribution in [0.3, 0.4) is 0 Å².